The monoisotopic (exact) mass is 178 g/mol. The Kier molecular flexibility index (Phi) is 7.50. The molecule has 1 N–H and O–H groups in total. The Labute approximate surface area is 78.6 Å². The molecule has 0 aromatic rings. The molecule has 0 unspecified atom stereocenters. The second kappa shape index (κ2) is 8.53. The van der Waals surface area contributed by atoms with Gasteiger partial charge in [-0.3, -0.25) is 0 Å². The van der Waals surface area contributed by atoms with E-state index < -0.39 is 5.97 Å². The molecular weight excluding hydrogens is 164 g/mol. The van der Waals surface area contributed by atoms with Crippen LogP contribution in [0.4, 0.5) is 0 Å². The number of aliphatic carboxylic acids is 1. The number of allylic oxidation sites excluding steroid dienone is 7. The van der Waals surface area contributed by atoms with Crippen LogP contribution in [0.25, 0.3) is 0 Å². The highest BCUT2D eigenvalue weighted by molar-refractivity contribution is 5.79. The van der Waals surface area contributed by atoms with Crippen molar-refractivity contribution in [2.75, 3.05) is 0 Å². The van der Waals surface area contributed by atoms with E-state index in [2.05, 4.69) is 0 Å². The quantitative estimate of drug-likeness (QED) is 0.519. The molecule has 0 saturated heterocycles. The number of hydrogen-bond acceptors (Lipinski definition) is 1. The molecule has 0 atom stereocenters. The first-order valence-electron chi connectivity index (χ1n) is 4.11. The first-order valence-corrected chi connectivity index (χ1v) is 4.11. The summed E-state index contributed by atoms with van der Waals surface area (Å²) in [4.78, 5) is 10.0. The second-order valence-corrected chi connectivity index (χ2v) is 2.32. The van der Waals surface area contributed by atoms with Crippen molar-refractivity contribution in [3.05, 3.63) is 48.6 Å². The van der Waals surface area contributed by atoms with E-state index in [9.17, 15) is 4.79 Å². The molecule has 0 rings (SSSR count). The van der Waals surface area contributed by atoms with Gasteiger partial charge in [-0.25, -0.2) is 4.79 Å². The van der Waals surface area contributed by atoms with Crippen LogP contribution in [0.3, 0.4) is 0 Å². The lowest BCUT2D eigenvalue weighted by Crippen LogP contribution is -1.84. The Morgan fingerprint density at radius 3 is 2.46 bits per heavy atom. The fourth-order valence-corrected chi connectivity index (χ4v) is 0.644. The maximum absolute atomic E-state index is 10.0. The zero-order valence-corrected chi connectivity index (χ0v) is 7.68. The minimum atomic E-state index is -0.905. The fraction of sp³-hybridized carbons (Fsp3) is 0.182. The molecule has 0 aromatic carbocycles. The van der Waals surface area contributed by atoms with Crippen molar-refractivity contribution >= 4 is 5.97 Å². The van der Waals surface area contributed by atoms with E-state index in [-0.39, 0.29) is 0 Å². The van der Waals surface area contributed by atoms with Gasteiger partial charge >= 0.3 is 5.97 Å². The molecule has 0 aromatic heterocycles. The van der Waals surface area contributed by atoms with Crippen molar-refractivity contribution in [2.24, 2.45) is 0 Å². The van der Waals surface area contributed by atoms with Gasteiger partial charge < -0.3 is 5.11 Å². The summed E-state index contributed by atoms with van der Waals surface area (Å²) in [5.41, 5.74) is 0. The molecule has 0 radical (unpaired) electrons. The zero-order valence-electron chi connectivity index (χ0n) is 7.68. The van der Waals surface area contributed by atoms with Crippen molar-refractivity contribution in [2.45, 2.75) is 13.3 Å². The number of carbonyl (C=O) groups is 1. The van der Waals surface area contributed by atoms with E-state index in [1.54, 1.807) is 6.08 Å². The number of hydrogen-bond donors (Lipinski definition) is 1. The summed E-state index contributed by atoms with van der Waals surface area (Å²) in [7, 11) is 0. The van der Waals surface area contributed by atoms with Crippen LogP contribution in [0, 0.1) is 0 Å². The molecule has 0 bridgehead atoms. The van der Waals surface area contributed by atoms with Gasteiger partial charge in [0.2, 0.25) is 0 Å². The van der Waals surface area contributed by atoms with Crippen LogP contribution >= 0.6 is 0 Å². The molecule has 13 heavy (non-hydrogen) atoms. The average molecular weight is 178 g/mol. The summed E-state index contributed by atoms with van der Waals surface area (Å²) in [5, 5.41) is 8.25. The normalized spacial score (nSPS) is 12.7. The Hall–Kier alpha value is -1.57. The SMILES string of the molecule is C\C=C/C=C\C=C\C/C=C/C(=O)O. The molecule has 0 spiro atoms. The molecule has 0 fully saturated rings. The maximum Gasteiger partial charge on any atom is 0.327 e. The standard InChI is InChI=1S/C11H14O2/c1-2-3-4-5-6-7-8-9-10-11(12)13/h2-7,9-10H,8H2,1H3,(H,12,13)/b3-2-,5-4-,7-6+,10-9+. The van der Waals surface area contributed by atoms with Crippen LogP contribution in [0.15, 0.2) is 48.6 Å². The second-order valence-electron chi connectivity index (χ2n) is 2.32. The summed E-state index contributed by atoms with van der Waals surface area (Å²) in [5.74, 6) is -0.905. The van der Waals surface area contributed by atoms with Crippen molar-refractivity contribution < 1.29 is 9.90 Å². The molecule has 0 aliphatic carbocycles. The summed E-state index contributed by atoms with van der Waals surface area (Å²) in [6.45, 7) is 1.95. The molecule has 2 heteroatoms. The van der Waals surface area contributed by atoms with Gasteiger partial charge in [0.1, 0.15) is 0 Å². The predicted octanol–water partition coefficient (Wildman–Crippen LogP) is 2.71. The predicted molar refractivity (Wildman–Crippen MR) is 54.5 cm³/mol. The van der Waals surface area contributed by atoms with Gasteiger partial charge in [-0.2, -0.15) is 0 Å². The van der Waals surface area contributed by atoms with Gasteiger partial charge in [0, 0.05) is 6.08 Å². The Bertz CT molecular complexity index is 245. The lowest BCUT2D eigenvalue weighted by molar-refractivity contribution is -0.131. The fourth-order valence-electron chi connectivity index (χ4n) is 0.644. The van der Waals surface area contributed by atoms with Crippen molar-refractivity contribution in [3.8, 4) is 0 Å². The van der Waals surface area contributed by atoms with Gasteiger partial charge in [0.15, 0.2) is 0 Å². The third-order valence-electron chi connectivity index (χ3n) is 1.19. The lowest BCUT2D eigenvalue weighted by atomic mass is 10.3. The van der Waals surface area contributed by atoms with Gasteiger partial charge in [0.05, 0.1) is 0 Å². The van der Waals surface area contributed by atoms with Crippen LogP contribution < -0.4 is 0 Å². The topological polar surface area (TPSA) is 37.3 Å². The van der Waals surface area contributed by atoms with Crippen LogP contribution in [-0.2, 0) is 4.79 Å². The lowest BCUT2D eigenvalue weighted by Gasteiger charge is -1.79. The molecular formula is C11H14O2. The minimum absolute atomic E-state index is 0.645. The maximum atomic E-state index is 10.0. The van der Waals surface area contributed by atoms with Gasteiger partial charge in [-0.15, -0.1) is 0 Å². The van der Waals surface area contributed by atoms with Gasteiger partial charge in [-0.1, -0.05) is 42.5 Å². The molecule has 0 amide bonds. The highest BCUT2D eigenvalue weighted by Gasteiger charge is 1.80. The zero-order chi connectivity index (χ0) is 9.94. The van der Waals surface area contributed by atoms with Crippen molar-refractivity contribution in [3.63, 3.8) is 0 Å². The van der Waals surface area contributed by atoms with Crippen molar-refractivity contribution in [1.29, 1.82) is 0 Å². The largest absolute Gasteiger partial charge is 0.478 e. The Balaban J connectivity index is 3.58. The number of carboxylic acids is 1. The first kappa shape index (κ1) is 11.4. The molecule has 0 heterocycles. The third kappa shape index (κ3) is 10.4. The minimum Gasteiger partial charge on any atom is -0.478 e. The van der Waals surface area contributed by atoms with Gasteiger partial charge in [-0.05, 0) is 13.3 Å². The first-order chi connectivity index (χ1) is 6.27. The Morgan fingerprint density at radius 2 is 1.85 bits per heavy atom. The number of carboxylic acid groups (broad SMARTS) is 1. The molecule has 2 nitrogen and oxygen atoms in total. The van der Waals surface area contributed by atoms with E-state index in [1.807, 2.05) is 43.4 Å². The number of rotatable bonds is 5. The van der Waals surface area contributed by atoms with Crippen LogP contribution in [-0.4, -0.2) is 11.1 Å². The summed E-state index contributed by atoms with van der Waals surface area (Å²) in [6, 6.07) is 0. The molecule has 0 aliphatic heterocycles. The third-order valence-corrected chi connectivity index (χ3v) is 1.19. The summed E-state index contributed by atoms with van der Waals surface area (Å²) >= 11 is 0. The van der Waals surface area contributed by atoms with E-state index in [1.165, 1.54) is 0 Å². The smallest absolute Gasteiger partial charge is 0.327 e. The van der Waals surface area contributed by atoms with E-state index in [0.29, 0.717) is 6.42 Å². The summed E-state index contributed by atoms with van der Waals surface area (Å²) < 4.78 is 0. The van der Waals surface area contributed by atoms with E-state index >= 15 is 0 Å². The van der Waals surface area contributed by atoms with Crippen LogP contribution in [0.1, 0.15) is 13.3 Å². The van der Waals surface area contributed by atoms with E-state index in [0.717, 1.165) is 6.08 Å². The molecule has 0 saturated carbocycles. The Morgan fingerprint density at radius 1 is 1.15 bits per heavy atom. The van der Waals surface area contributed by atoms with E-state index in [4.69, 9.17) is 5.11 Å². The van der Waals surface area contributed by atoms with Crippen LogP contribution in [0.5, 0.6) is 0 Å². The molecule has 70 valence electrons. The molecule has 0 aliphatic rings. The van der Waals surface area contributed by atoms with Crippen LogP contribution in [0.2, 0.25) is 0 Å². The average Bonchev–Trinajstić information content (AvgIpc) is 2.09. The van der Waals surface area contributed by atoms with Crippen molar-refractivity contribution in [1.82, 2.24) is 0 Å². The highest BCUT2D eigenvalue weighted by atomic mass is 16.4. The van der Waals surface area contributed by atoms with Gasteiger partial charge in [0.25, 0.3) is 0 Å². The highest BCUT2D eigenvalue weighted by Crippen LogP contribution is 1.87. The summed E-state index contributed by atoms with van der Waals surface area (Å²) in [6.07, 6.45) is 14.8.